The van der Waals surface area contributed by atoms with Crippen LogP contribution in [0.1, 0.15) is 70.3 Å². The van der Waals surface area contributed by atoms with Gasteiger partial charge in [0.25, 0.3) is 5.91 Å². The van der Waals surface area contributed by atoms with Crippen LogP contribution in [0, 0.1) is 18.8 Å². The highest BCUT2D eigenvalue weighted by molar-refractivity contribution is 5.98. The van der Waals surface area contributed by atoms with E-state index in [1.165, 1.54) is 0 Å². The molecule has 1 aromatic carbocycles. The number of benzene rings is 1. The average Bonchev–Trinajstić information content (AvgIpc) is 2.70. The first-order valence-electron chi connectivity index (χ1n) is 11.6. The van der Waals surface area contributed by atoms with Crippen LogP contribution in [0.3, 0.4) is 0 Å². The molecule has 2 atom stereocenters. The lowest BCUT2D eigenvalue weighted by Crippen LogP contribution is -2.57. The SMILES string of the molecule is Cc1ccccc1C(=O)N[C@@H](C(=O)N[C@@H](C)C(C)C)C1CCN(C(=O)NC(C)(C)C)CC1. The zero-order chi connectivity index (χ0) is 24.1. The van der Waals surface area contributed by atoms with Gasteiger partial charge in [0.05, 0.1) is 0 Å². The molecule has 3 N–H and O–H groups in total. The summed E-state index contributed by atoms with van der Waals surface area (Å²) in [7, 11) is 0. The highest BCUT2D eigenvalue weighted by Crippen LogP contribution is 2.23. The van der Waals surface area contributed by atoms with E-state index in [4.69, 9.17) is 0 Å². The fourth-order valence-electron chi connectivity index (χ4n) is 3.76. The molecule has 0 bridgehead atoms. The van der Waals surface area contributed by atoms with E-state index in [1.807, 2.05) is 52.8 Å². The van der Waals surface area contributed by atoms with Crippen molar-refractivity contribution in [2.24, 2.45) is 11.8 Å². The van der Waals surface area contributed by atoms with Crippen molar-refractivity contribution in [2.75, 3.05) is 13.1 Å². The second-order valence-corrected chi connectivity index (χ2v) is 10.3. The summed E-state index contributed by atoms with van der Waals surface area (Å²) in [5.74, 6) is -0.158. The van der Waals surface area contributed by atoms with Crippen molar-refractivity contribution in [2.45, 2.75) is 78.9 Å². The molecule has 7 nitrogen and oxygen atoms in total. The molecule has 0 saturated carbocycles. The Labute approximate surface area is 192 Å². The Morgan fingerprint density at radius 1 is 1.00 bits per heavy atom. The summed E-state index contributed by atoms with van der Waals surface area (Å²) < 4.78 is 0. The first-order valence-corrected chi connectivity index (χ1v) is 11.6. The van der Waals surface area contributed by atoms with Crippen LogP contribution >= 0.6 is 0 Å². The maximum atomic E-state index is 13.2. The molecule has 32 heavy (non-hydrogen) atoms. The standard InChI is InChI=1S/C25H40N4O3/c1-16(2)18(4)26-23(31)21(27-22(30)20-11-9-8-10-17(20)3)19-12-14-29(15-13-19)24(32)28-25(5,6)7/h8-11,16,18-19,21H,12-15H2,1-7H3,(H,26,31)(H,27,30)(H,28,32)/t18-,21+/m0/s1. The second-order valence-electron chi connectivity index (χ2n) is 10.3. The maximum absolute atomic E-state index is 13.2. The van der Waals surface area contributed by atoms with Crippen molar-refractivity contribution in [1.82, 2.24) is 20.9 Å². The third-order valence-corrected chi connectivity index (χ3v) is 6.11. The van der Waals surface area contributed by atoms with Gasteiger partial charge in [0.15, 0.2) is 0 Å². The fourth-order valence-corrected chi connectivity index (χ4v) is 3.76. The Morgan fingerprint density at radius 2 is 1.59 bits per heavy atom. The third-order valence-electron chi connectivity index (χ3n) is 6.11. The van der Waals surface area contributed by atoms with Crippen LogP contribution in [0.15, 0.2) is 24.3 Å². The lowest BCUT2D eigenvalue weighted by Gasteiger charge is -2.37. The highest BCUT2D eigenvalue weighted by atomic mass is 16.2. The summed E-state index contributed by atoms with van der Waals surface area (Å²) >= 11 is 0. The number of hydrogen-bond acceptors (Lipinski definition) is 3. The van der Waals surface area contributed by atoms with E-state index in [-0.39, 0.29) is 41.3 Å². The van der Waals surface area contributed by atoms with E-state index in [0.717, 1.165) is 5.56 Å². The van der Waals surface area contributed by atoms with E-state index < -0.39 is 6.04 Å². The van der Waals surface area contributed by atoms with Gasteiger partial charge in [0.2, 0.25) is 5.91 Å². The van der Waals surface area contributed by atoms with Crippen LogP contribution in [0.5, 0.6) is 0 Å². The Kier molecular flexibility index (Phi) is 8.70. The van der Waals surface area contributed by atoms with Crippen LogP contribution in [-0.2, 0) is 4.79 Å². The van der Waals surface area contributed by atoms with Crippen molar-refractivity contribution in [3.63, 3.8) is 0 Å². The van der Waals surface area contributed by atoms with Crippen molar-refractivity contribution >= 4 is 17.8 Å². The molecule has 1 aromatic rings. The van der Waals surface area contributed by atoms with E-state index >= 15 is 0 Å². The summed E-state index contributed by atoms with van der Waals surface area (Å²) in [5.41, 5.74) is 1.14. The van der Waals surface area contributed by atoms with Crippen molar-refractivity contribution in [3.8, 4) is 0 Å². The van der Waals surface area contributed by atoms with Gasteiger partial charge >= 0.3 is 6.03 Å². The number of aryl methyl sites for hydroxylation is 1. The minimum atomic E-state index is -0.642. The van der Waals surface area contributed by atoms with Gasteiger partial charge in [-0.3, -0.25) is 9.59 Å². The molecule has 0 aromatic heterocycles. The zero-order valence-electron chi connectivity index (χ0n) is 20.6. The number of urea groups is 1. The molecule has 178 valence electrons. The molecule has 0 radical (unpaired) electrons. The number of likely N-dealkylation sites (tertiary alicyclic amines) is 1. The Morgan fingerprint density at radius 3 is 2.12 bits per heavy atom. The van der Waals surface area contributed by atoms with E-state index in [9.17, 15) is 14.4 Å². The largest absolute Gasteiger partial charge is 0.352 e. The van der Waals surface area contributed by atoms with Gasteiger partial charge in [-0.2, -0.15) is 0 Å². The summed E-state index contributed by atoms with van der Waals surface area (Å²) in [5, 5.41) is 9.06. The van der Waals surface area contributed by atoms with E-state index in [1.54, 1.807) is 11.0 Å². The number of nitrogens with zero attached hydrogens (tertiary/aromatic N) is 1. The summed E-state index contributed by atoms with van der Waals surface area (Å²) in [6.45, 7) is 14.9. The van der Waals surface area contributed by atoms with Gasteiger partial charge < -0.3 is 20.9 Å². The third kappa shape index (κ3) is 7.24. The summed E-state index contributed by atoms with van der Waals surface area (Å²) in [6, 6.07) is 6.64. The van der Waals surface area contributed by atoms with Crippen LogP contribution in [0.2, 0.25) is 0 Å². The molecular formula is C25H40N4O3. The van der Waals surface area contributed by atoms with Crippen LogP contribution in [-0.4, -0.2) is 53.5 Å². The minimum absolute atomic E-state index is 0.00184. The summed E-state index contributed by atoms with van der Waals surface area (Å²) in [6.07, 6.45) is 1.31. The number of amides is 4. The number of carbonyl (C=O) groups excluding carboxylic acids is 3. The molecule has 2 rings (SSSR count). The van der Waals surface area contributed by atoms with Crippen molar-refractivity contribution in [3.05, 3.63) is 35.4 Å². The van der Waals surface area contributed by atoms with E-state index in [0.29, 0.717) is 31.5 Å². The molecule has 1 heterocycles. The first-order chi connectivity index (χ1) is 14.9. The molecule has 0 aliphatic carbocycles. The molecule has 1 fully saturated rings. The van der Waals surface area contributed by atoms with Gasteiger partial charge in [-0.05, 0) is 70.9 Å². The maximum Gasteiger partial charge on any atom is 0.317 e. The normalized spacial score (nSPS) is 16.9. The van der Waals surface area contributed by atoms with Crippen LogP contribution in [0.25, 0.3) is 0 Å². The van der Waals surface area contributed by atoms with Crippen molar-refractivity contribution in [1.29, 1.82) is 0 Å². The molecule has 1 aliphatic heterocycles. The van der Waals surface area contributed by atoms with Gasteiger partial charge in [0.1, 0.15) is 6.04 Å². The number of piperidine rings is 1. The lowest BCUT2D eigenvalue weighted by molar-refractivity contribution is -0.125. The monoisotopic (exact) mass is 444 g/mol. The molecule has 1 aliphatic rings. The predicted molar refractivity (Wildman–Crippen MR) is 127 cm³/mol. The van der Waals surface area contributed by atoms with Crippen molar-refractivity contribution < 1.29 is 14.4 Å². The zero-order valence-corrected chi connectivity index (χ0v) is 20.6. The molecule has 7 heteroatoms. The molecule has 0 unspecified atom stereocenters. The number of hydrogen-bond donors (Lipinski definition) is 3. The fraction of sp³-hybridized carbons (Fsp3) is 0.640. The highest BCUT2D eigenvalue weighted by Gasteiger charge is 2.35. The predicted octanol–water partition coefficient (Wildman–Crippen LogP) is 3.47. The van der Waals surface area contributed by atoms with E-state index in [2.05, 4.69) is 29.8 Å². The van der Waals surface area contributed by atoms with Gasteiger partial charge in [-0.15, -0.1) is 0 Å². The van der Waals surface area contributed by atoms with Gasteiger partial charge in [-0.25, -0.2) is 4.79 Å². The van der Waals surface area contributed by atoms with Gasteiger partial charge in [0, 0.05) is 30.2 Å². The first kappa shape index (κ1) is 25.7. The van der Waals surface area contributed by atoms with Crippen LogP contribution < -0.4 is 16.0 Å². The molecule has 4 amide bonds. The Balaban J connectivity index is 2.13. The number of rotatable bonds is 6. The smallest absolute Gasteiger partial charge is 0.317 e. The second kappa shape index (κ2) is 10.8. The lowest BCUT2D eigenvalue weighted by atomic mass is 9.88. The van der Waals surface area contributed by atoms with Gasteiger partial charge in [-0.1, -0.05) is 32.0 Å². The average molecular weight is 445 g/mol. The topological polar surface area (TPSA) is 90.5 Å². The number of nitrogens with one attached hydrogen (secondary N) is 3. The Bertz CT molecular complexity index is 808. The quantitative estimate of drug-likeness (QED) is 0.627. The minimum Gasteiger partial charge on any atom is -0.352 e. The molecule has 1 saturated heterocycles. The number of carbonyl (C=O) groups is 3. The summed E-state index contributed by atoms with van der Waals surface area (Å²) in [4.78, 5) is 40.5. The van der Waals surface area contributed by atoms with Crippen LogP contribution in [0.4, 0.5) is 4.79 Å². The molecular weight excluding hydrogens is 404 g/mol. The Hall–Kier alpha value is -2.57. The molecule has 0 spiro atoms.